The largest absolute Gasteiger partial charge is 0.438 e. The van der Waals surface area contributed by atoms with Gasteiger partial charge in [-0.25, -0.2) is 0 Å². The summed E-state index contributed by atoms with van der Waals surface area (Å²) in [6.07, 6.45) is 4.18. The van der Waals surface area contributed by atoms with Gasteiger partial charge in [0.15, 0.2) is 0 Å². The van der Waals surface area contributed by atoms with Gasteiger partial charge in [-0.1, -0.05) is 44.0 Å². The van der Waals surface area contributed by atoms with Crippen molar-refractivity contribution in [1.29, 1.82) is 0 Å². The number of nitrogens with two attached hydrogens (primary N) is 1. The number of carbonyl (C=O) groups excluding carboxylic acids is 6. The molecule has 58 heavy (non-hydrogen) atoms. The van der Waals surface area contributed by atoms with Crippen molar-refractivity contribution in [2.24, 2.45) is 28.4 Å². The molecule has 5 atom stereocenters. The zero-order valence-electron chi connectivity index (χ0n) is 34.9. The molecule has 1 saturated heterocycles. The number of hydrogen-bond acceptors (Lipinski definition) is 11. The molecule has 0 spiro atoms. The van der Waals surface area contributed by atoms with Crippen molar-refractivity contribution >= 4 is 48.7 Å². The number of likely N-dealkylation sites (tertiary alicyclic amines) is 1. The second-order valence-corrected chi connectivity index (χ2v) is 19.1. The number of halogens is 2. The molecule has 2 fully saturated rings. The van der Waals surface area contributed by atoms with Gasteiger partial charge in [-0.3, -0.25) is 42.4 Å². The highest BCUT2D eigenvalue weighted by atomic mass is 31.2. The minimum atomic E-state index is -5.54. The fraction of sp³-hybridized carbons (Fsp3) is 0.650. The van der Waals surface area contributed by atoms with E-state index in [9.17, 15) is 33.3 Å². The smallest absolute Gasteiger partial charge is 0.410 e. The number of piperidine rings is 1. The van der Waals surface area contributed by atoms with Gasteiger partial charge >= 0.3 is 25.2 Å². The number of fused-ring (bicyclic) bond motifs is 1. The molecule has 2 unspecified atom stereocenters. The van der Waals surface area contributed by atoms with Crippen LogP contribution in [0, 0.1) is 22.7 Å². The monoisotopic (exact) mass is 840 g/mol. The number of hydrogen-bond donors (Lipinski definition) is 3. The molecule has 1 aromatic carbocycles. The average Bonchev–Trinajstić information content (AvgIpc) is 3.79. The molecule has 1 heterocycles. The summed E-state index contributed by atoms with van der Waals surface area (Å²) in [5.41, 5.74) is -1.26. The van der Waals surface area contributed by atoms with E-state index in [4.69, 9.17) is 24.3 Å². The van der Waals surface area contributed by atoms with Gasteiger partial charge in [0.1, 0.15) is 12.1 Å². The van der Waals surface area contributed by atoms with E-state index in [1.54, 1.807) is 13.8 Å². The van der Waals surface area contributed by atoms with Crippen molar-refractivity contribution in [2.45, 2.75) is 125 Å². The second kappa shape index (κ2) is 19.7. The molecule has 1 saturated carbocycles. The van der Waals surface area contributed by atoms with Crippen LogP contribution in [0.5, 0.6) is 0 Å². The Bertz CT molecular complexity index is 1720. The van der Waals surface area contributed by atoms with Gasteiger partial charge in [0.25, 0.3) is 0 Å². The third-order valence-electron chi connectivity index (χ3n) is 9.80. The summed E-state index contributed by atoms with van der Waals surface area (Å²) in [5.74, 6) is -3.23. The Balaban J connectivity index is 1.76. The normalized spacial score (nSPS) is 19.4. The zero-order valence-corrected chi connectivity index (χ0v) is 35.8. The van der Waals surface area contributed by atoms with Crippen molar-refractivity contribution in [2.75, 3.05) is 20.1 Å². The number of benzene rings is 1. The first-order valence-corrected chi connectivity index (χ1v) is 21.0. The molecule has 2 aliphatic rings. The summed E-state index contributed by atoms with van der Waals surface area (Å²) in [6.45, 7) is 12.5. The van der Waals surface area contributed by atoms with E-state index in [1.165, 1.54) is 64.7 Å². The van der Waals surface area contributed by atoms with E-state index in [0.29, 0.717) is 36.9 Å². The number of allylic oxidation sites excluding steroid dienone is 1. The quantitative estimate of drug-likeness (QED) is 0.0623. The molecule has 3 rings (SSSR count). The molecule has 0 radical (unpaired) electrons. The van der Waals surface area contributed by atoms with Crippen molar-refractivity contribution in [3.05, 3.63) is 41.5 Å². The van der Waals surface area contributed by atoms with Crippen LogP contribution in [0.3, 0.4) is 0 Å². The maximum absolute atomic E-state index is 16.0. The molecule has 1 aliphatic heterocycles. The molecule has 1 aromatic rings. The van der Waals surface area contributed by atoms with Crippen LogP contribution in [0.1, 0.15) is 112 Å². The Morgan fingerprint density at radius 2 is 1.48 bits per heavy atom. The number of carbonyl (C=O) groups is 6. The highest BCUT2D eigenvalue weighted by Crippen LogP contribution is 2.67. The van der Waals surface area contributed by atoms with Crippen LogP contribution in [0.15, 0.2) is 30.3 Å². The molecule has 0 bridgehead atoms. The lowest BCUT2D eigenvalue weighted by molar-refractivity contribution is -0.163. The van der Waals surface area contributed by atoms with E-state index in [-0.39, 0.29) is 36.1 Å². The fourth-order valence-electron chi connectivity index (χ4n) is 6.17. The maximum Gasteiger partial charge on any atom is 0.410 e. The van der Waals surface area contributed by atoms with Crippen LogP contribution < -0.4 is 16.4 Å². The molecule has 1 aliphatic carbocycles. The molecule has 15 nitrogen and oxygen atoms in total. The Labute approximate surface area is 339 Å². The average molecular weight is 841 g/mol. The van der Waals surface area contributed by atoms with Crippen LogP contribution in [-0.4, -0.2) is 78.7 Å². The summed E-state index contributed by atoms with van der Waals surface area (Å²) in [6, 6.07) is 2.46. The van der Waals surface area contributed by atoms with Crippen LogP contribution in [0.2, 0.25) is 0 Å². The van der Waals surface area contributed by atoms with Crippen LogP contribution in [0.25, 0.3) is 5.57 Å². The number of amides is 4. The van der Waals surface area contributed by atoms with E-state index < -0.39 is 79.1 Å². The van der Waals surface area contributed by atoms with E-state index >= 15 is 8.78 Å². The summed E-state index contributed by atoms with van der Waals surface area (Å²) >= 11 is 0. The lowest BCUT2D eigenvalue weighted by Gasteiger charge is -2.31. The van der Waals surface area contributed by atoms with Crippen LogP contribution >= 0.6 is 7.60 Å². The van der Waals surface area contributed by atoms with Crippen LogP contribution in [-0.2, 0) is 57.5 Å². The number of nitrogens with one attached hydrogen (secondary N) is 2. The maximum atomic E-state index is 16.0. The predicted octanol–water partition coefficient (Wildman–Crippen LogP) is 5.75. The number of ether oxygens (including phenoxy) is 2. The number of nitrogens with zero attached hydrogens (tertiary/aromatic N) is 1. The third kappa shape index (κ3) is 12.9. The van der Waals surface area contributed by atoms with Gasteiger partial charge in [0.05, 0.1) is 10.8 Å². The lowest BCUT2D eigenvalue weighted by atomic mass is 9.98. The van der Waals surface area contributed by atoms with Gasteiger partial charge < -0.3 is 30.7 Å². The van der Waals surface area contributed by atoms with Crippen molar-refractivity contribution < 1.29 is 60.6 Å². The van der Waals surface area contributed by atoms with Gasteiger partial charge in [0.2, 0.25) is 37.2 Å². The standard InChI is InChI=1S/C40H59F2N4O11P/c1-10-11-12-30(35(50)46-21-27-20-29(27)33(46)34(49)44-25(3)13-18-31(43)47)45-32(48)19-24(2)26-14-16-28(17-15-26)40(41,42)58(53,56-22-54-36(51)38(4,5)6)57-23-55-37(52)39(7,8)9/h14-17,19,25,27,29-30,33H,10-13,18,20-23H2,1-9H3,(H2,43,47)(H,44,49)(H,45,48)/b24-19+/t25?,27-,29-,30+,33?/m1/s1. The Morgan fingerprint density at radius 1 is 0.931 bits per heavy atom. The summed E-state index contributed by atoms with van der Waals surface area (Å²) < 4.78 is 65.2. The van der Waals surface area contributed by atoms with Gasteiger partial charge in [-0.05, 0) is 97.6 Å². The Hall–Kier alpha value is -4.21. The van der Waals surface area contributed by atoms with Crippen molar-refractivity contribution in [1.82, 2.24) is 15.5 Å². The first kappa shape index (κ1) is 48.2. The Morgan fingerprint density at radius 3 is 1.98 bits per heavy atom. The second-order valence-electron chi connectivity index (χ2n) is 17.0. The van der Waals surface area contributed by atoms with Gasteiger partial charge in [-0.15, -0.1) is 0 Å². The summed E-state index contributed by atoms with van der Waals surface area (Å²) in [7, 11) is -5.54. The molecule has 0 aromatic heterocycles. The highest BCUT2D eigenvalue weighted by molar-refractivity contribution is 7.54. The molecular weight excluding hydrogens is 781 g/mol. The minimum Gasteiger partial charge on any atom is -0.438 e. The van der Waals surface area contributed by atoms with Crippen molar-refractivity contribution in [3.63, 3.8) is 0 Å². The summed E-state index contributed by atoms with van der Waals surface area (Å²) in [4.78, 5) is 77.7. The Kier molecular flexibility index (Phi) is 16.4. The topological polar surface area (TPSA) is 210 Å². The fourth-order valence-corrected chi connectivity index (χ4v) is 7.42. The number of rotatable bonds is 20. The number of primary amides is 1. The van der Waals surface area contributed by atoms with Crippen molar-refractivity contribution in [3.8, 4) is 0 Å². The SMILES string of the molecule is CCCC[C@H](NC(=O)/C=C(\C)c1ccc(C(F)(F)P(=O)(OCOC(=O)C(C)(C)C)OCOC(=O)C(C)(C)C)cc1)C(=O)N1C[C@H]2C[C@H]2C1C(=O)NC(C)CCC(N)=O. The van der Waals surface area contributed by atoms with E-state index in [2.05, 4.69) is 10.6 Å². The predicted molar refractivity (Wildman–Crippen MR) is 209 cm³/mol. The highest BCUT2D eigenvalue weighted by Gasteiger charge is 2.58. The third-order valence-corrected chi connectivity index (χ3v) is 11.6. The first-order valence-electron chi connectivity index (χ1n) is 19.4. The summed E-state index contributed by atoms with van der Waals surface area (Å²) in [5, 5.41) is 5.66. The minimum absolute atomic E-state index is 0.0105. The number of alkyl halides is 2. The number of esters is 2. The van der Waals surface area contributed by atoms with Gasteiger partial charge in [0, 0.05) is 30.6 Å². The van der Waals surface area contributed by atoms with E-state index in [0.717, 1.165) is 25.0 Å². The van der Waals surface area contributed by atoms with Gasteiger partial charge in [-0.2, -0.15) is 8.78 Å². The molecular formula is C40H59F2N4O11P. The first-order chi connectivity index (χ1) is 26.8. The molecule has 324 valence electrons. The number of unbranched alkanes of at least 4 members (excludes halogenated alkanes) is 1. The molecule has 4 amide bonds. The van der Waals surface area contributed by atoms with Crippen LogP contribution in [0.4, 0.5) is 8.78 Å². The zero-order chi connectivity index (χ0) is 43.8. The van der Waals surface area contributed by atoms with E-state index in [1.807, 2.05) is 6.92 Å². The molecule has 18 heteroatoms. The lowest BCUT2D eigenvalue weighted by Crippen LogP contribution is -2.55. The molecule has 4 N–H and O–H groups in total.